The molecule has 1 aliphatic heterocycles. The van der Waals surface area contributed by atoms with Gasteiger partial charge in [-0.05, 0) is 6.07 Å². The maximum absolute atomic E-state index is 8.77. The third-order valence-corrected chi connectivity index (χ3v) is 2.33. The van der Waals surface area contributed by atoms with E-state index in [0.29, 0.717) is 18.2 Å². The number of aliphatic hydroxyl groups excluding tert-OH is 1. The monoisotopic (exact) mass is 210 g/mol. The van der Waals surface area contributed by atoms with Gasteiger partial charge in [0.05, 0.1) is 32.1 Å². The summed E-state index contributed by atoms with van der Waals surface area (Å²) >= 11 is 0. The molecule has 0 aliphatic carbocycles. The average Bonchev–Trinajstić information content (AvgIpc) is 2.24. The minimum absolute atomic E-state index is 0.0984. The minimum Gasteiger partial charge on any atom is -0.476 e. The third kappa shape index (κ3) is 2.43. The Balaban J connectivity index is 1.87. The Morgan fingerprint density at radius 3 is 2.73 bits per heavy atom. The molecule has 1 aromatic heterocycles. The van der Waals surface area contributed by atoms with Crippen LogP contribution in [0.3, 0.4) is 0 Å². The van der Waals surface area contributed by atoms with Crippen molar-refractivity contribution < 1.29 is 14.6 Å². The summed E-state index contributed by atoms with van der Waals surface area (Å²) in [5.74, 6) is 0.486. The van der Waals surface area contributed by atoms with E-state index in [1.807, 2.05) is 0 Å². The van der Waals surface area contributed by atoms with Crippen molar-refractivity contribution in [2.45, 2.75) is 13.5 Å². The summed E-state index contributed by atoms with van der Waals surface area (Å²) in [5.41, 5.74) is 0.651. The summed E-state index contributed by atoms with van der Waals surface area (Å²) in [6, 6.07) is 3.41. The van der Waals surface area contributed by atoms with Crippen LogP contribution in [-0.2, 0) is 11.3 Å². The fourth-order valence-corrected chi connectivity index (χ4v) is 1.29. The van der Waals surface area contributed by atoms with Crippen LogP contribution < -0.4 is 4.74 Å². The lowest BCUT2D eigenvalue weighted by atomic mass is 9.90. The van der Waals surface area contributed by atoms with E-state index in [0.717, 1.165) is 13.2 Å². The molecule has 1 aromatic rings. The quantitative estimate of drug-likeness (QED) is 0.778. The molecule has 2 heterocycles. The topological polar surface area (TPSA) is 64.5 Å². The SMILES string of the molecule is CC1(COc2ccc(CO)nn2)COC1. The maximum atomic E-state index is 8.77. The predicted octanol–water partition coefficient (Wildman–Crippen LogP) is 0.384. The molecule has 1 saturated heterocycles. The van der Waals surface area contributed by atoms with Crippen LogP contribution in [0.2, 0.25) is 0 Å². The highest BCUT2D eigenvalue weighted by Crippen LogP contribution is 2.26. The molecular weight excluding hydrogens is 196 g/mol. The van der Waals surface area contributed by atoms with E-state index < -0.39 is 0 Å². The van der Waals surface area contributed by atoms with Crippen molar-refractivity contribution in [1.29, 1.82) is 0 Å². The van der Waals surface area contributed by atoms with Gasteiger partial charge >= 0.3 is 0 Å². The van der Waals surface area contributed by atoms with Crippen LogP contribution in [0, 0.1) is 5.41 Å². The standard InChI is InChI=1S/C10H14N2O3/c1-10(5-14-6-10)7-15-9-3-2-8(4-13)11-12-9/h2-3,13H,4-7H2,1H3. The fourth-order valence-electron chi connectivity index (χ4n) is 1.29. The largest absolute Gasteiger partial charge is 0.476 e. The van der Waals surface area contributed by atoms with E-state index in [-0.39, 0.29) is 12.0 Å². The molecule has 5 heteroatoms. The van der Waals surface area contributed by atoms with Gasteiger partial charge in [-0.1, -0.05) is 6.92 Å². The zero-order valence-corrected chi connectivity index (χ0v) is 8.64. The summed E-state index contributed by atoms with van der Waals surface area (Å²) in [5, 5.41) is 16.4. The molecule has 0 radical (unpaired) electrons. The first-order valence-electron chi connectivity index (χ1n) is 4.86. The van der Waals surface area contributed by atoms with Crippen LogP contribution in [0.15, 0.2) is 12.1 Å². The molecule has 0 unspecified atom stereocenters. The first kappa shape index (κ1) is 10.3. The summed E-state index contributed by atoms with van der Waals surface area (Å²) in [6.07, 6.45) is 0. The number of aliphatic hydroxyl groups is 1. The molecule has 0 aromatic carbocycles. The van der Waals surface area contributed by atoms with Crippen molar-refractivity contribution >= 4 is 0 Å². The Kier molecular flexibility index (Phi) is 2.83. The van der Waals surface area contributed by atoms with Gasteiger partial charge in [-0.15, -0.1) is 10.2 Å². The second kappa shape index (κ2) is 4.12. The molecule has 15 heavy (non-hydrogen) atoms. The van der Waals surface area contributed by atoms with Crippen LogP contribution in [0.25, 0.3) is 0 Å². The van der Waals surface area contributed by atoms with E-state index in [2.05, 4.69) is 17.1 Å². The number of hydrogen-bond acceptors (Lipinski definition) is 5. The van der Waals surface area contributed by atoms with Gasteiger partial charge < -0.3 is 14.6 Å². The molecule has 82 valence electrons. The van der Waals surface area contributed by atoms with E-state index in [1.165, 1.54) is 0 Å². The van der Waals surface area contributed by atoms with Gasteiger partial charge in [-0.3, -0.25) is 0 Å². The Hall–Kier alpha value is -1.20. The van der Waals surface area contributed by atoms with Gasteiger partial charge in [0, 0.05) is 11.5 Å². The highest BCUT2D eigenvalue weighted by Gasteiger charge is 2.34. The highest BCUT2D eigenvalue weighted by atomic mass is 16.5. The third-order valence-electron chi connectivity index (χ3n) is 2.33. The fraction of sp³-hybridized carbons (Fsp3) is 0.600. The average molecular weight is 210 g/mol. The Bertz CT molecular complexity index is 322. The molecule has 1 aliphatic rings. The number of rotatable bonds is 4. The lowest BCUT2D eigenvalue weighted by Crippen LogP contribution is -2.44. The van der Waals surface area contributed by atoms with E-state index in [9.17, 15) is 0 Å². The highest BCUT2D eigenvalue weighted by molar-refractivity contribution is 5.11. The van der Waals surface area contributed by atoms with Crippen LogP contribution in [0.5, 0.6) is 5.88 Å². The molecule has 0 saturated carbocycles. The van der Waals surface area contributed by atoms with Gasteiger partial charge in [0.15, 0.2) is 0 Å². The van der Waals surface area contributed by atoms with Crippen molar-refractivity contribution in [1.82, 2.24) is 10.2 Å². The van der Waals surface area contributed by atoms with E-state index in [1.54, 1.807) is 12.1 Å². The number of aromatic nitrogens is 2. The first-order valence-corrected chi connectivity index (χ1v) is 4.86. The van der Waals surface area contributed by atoms with Gasteiger partial charge in [0.1, 0.15) is 0 Å². The number of hydrogen-bond donors (Lipinski definition) is 1. The Morgan fingerprint density at radius 1 is 1.47 bits per heavy atom. The lowest BCUT2D eigenvalue weighted by molar-refractivity contribution is -0.120. The van der Waals surface area contributed by atoms with Crippen LogP contribution in [-0.4, -0.2) is 35.1 Å². The minimum atomic E-state index is -0.0984. The molecule has 0 spiro atoms. The smallest absolute Gasteiger partial charge is 0.233 e. The van der Waals surface area contributed by atoms with Gasteiger partial charge in [-0.2, -0.15) is 0 Å². The summed E-state index contributed by atoms with van der Waals surface area (Å²) < 4.78 is 10.6. The zero-order valence-electron chi connectivity index (χ0n) is 8.64. The van der Waals surface area contributed by atoms with Gasteiger partial charge in [-0.25, -0.2) is 0 Å². The normalized spacial score (nSPS) is 18.3. The predicted molar refractivity (Wildman–Crippen MR) is 52.4 cm³/mol. The molecule has 0 bridgehead atoms. The second-order valence-electron chi connectivity index (χ2n) is 4.11. The molecule has 5 nitrogen and oxygen atoms in total. The first-order chi connectivity index (χ1) is 7.22. The number of nitrogens with zero attached hydrogens (tertiary/aromatic N) is 2. The summed E-state index contributed by atoms with van der Waals surface area (Å²) in [7, 11) is 0. The molecular formula is C10H14N2O3. The van der Waals surface area contributed by atoms with Crippen molar-refractivity contribution in [3.8, 4) is 5.88 Å². The van der Waals surface area contributed by atoms with Crippen molar-refractivity contribution in [3.05, 3.63) is 17.8 Å². The van der Waals surface area contributed by atoms with Crippen molar-refractivity contribution in [3.63, 3.8) is 0 Å². The van der Waals surface area contributed by atoms with E-state index >= 15 is 0 Å². The molecule has 1 fully saturated rings. The zero-order chi connectivity index (χ0) is 10.7. The van der Waals surface area contributed by atoms with Crippen molar-refractivity contribution in [2.75, 3.05) is 19.8 Å². The Labute approximate surface area is 88.0 Å². The Morgan fingerprint density at radius 2 is 2.27 bits per heavy atom. The lowest BCUT2D eigenvalue weighted by Gasteiger charge is -2.37. The summed E-state index contributed by atoms with van der Waals surface area (Å²) in [6.45, 7) is 4.05. The molecule has 0 atom stereocenters. The molecule has 2 rings (SSSR count). The van der Waals surface area contributed by atoms with Crippen molar-refractivity contribution in [2.24, 2.45) is 5.41 Å². The van der Waals surface area contributed by atoms with Gasteiger partial charge in [0.25, 0.3) is 0 Å². The molecule has 1 N–H and O–H groups in total. The maximum Gasteiger partial charge on any atom is 0.233 e. The van der Waals surface area contributed by atoms with Gasteiger partial charge in [0.2, 0.25) is 5.88 Å². The van der Waals surface area contributed by atoms with Crippen LogP contribution >= 0.6 is 0 Å². The van der Waals surface area contributed by atoms with E-state index in [4.69, 9.17) is 14.6 Å². The second-order valence-corrected chi connectivity index (χ2v) is 4.11. The number of ether oxygens (including phenoxy) is 2. The van der Waals surface area contributed by atoms with Crippen LogP contribution in [0.1, 0.15) is 12.6 Å². The summed E-state index contributed by atoms with van der Waals surface area (Å²) in [4.78, 5) is 0. The molecule has 0 amide bonds. The van der Waals surface area contributed by atoms with Crippen LogP contribution in [0.4, 0.5) is 0 Å².